The summed E-state index contributed by atoms with van der Waals surface area (Å²) in [6.07, 6.45) is 2.51. The van der Waals surface area contributed by atoms with Crippen molar-refractivity contribution in [3.8, 4) is 5.75 Å². The van der Waals surface area contributed by atoms with Gasteiger partial charge in [-0.3, -0.25) is 0 Å². The molecule has 2 unspecified atom stereocenters. The third-order valence-corrected chi connectivity index (χ3v) is 3.96. The van der Waals surface area contributed by atoms with Gasteiger partial charge < -0.3 is 15.4 Å². The van der Waals surface area contributed by atoms with Crippen molar-refractivity contribution in [2.24, 2.45) is 11.7 Å². The Balaban J connectivity index is 2.30. The molecule has 0 amide bonds. The maximum Gasteiger partial charge on any atom is 0.120 e. The van der Waals surface area contributed by atoms with Gasteiger partial charge in [0, 0.05) is 30.9 Å². The first kappa shape index (κ1) is 13.2. The molecule has 3 nitrogen and oxygen atoms in total. The average Bonchev–Trinajstić information content (AvgIpc) is 2.38. The molecule has 0 bridgehead atoms. The maximum atomic E-state index is 5.85. The van der Waals surface area contributed by atoms with Crippen LogP contribution in [0.3, 0.4) is 0 Å². The van der Waals surface area contributed by atoms with Crippen LogP contribution >= 0.6 is 0 Å². The van der Waals surface area contributed by atoms with E-state index in [0.29, 0.717) is 12.6 Å². The van der Waals surface area contributed by atoms with Crippen LogP contribution in [0.4, 0.5) is 5.69 Å². The summed E-state index contributed by atoms with van der Waals surface area (Å²) in [4.78, 5) is 2.48. The average molecular weight is 248 g/mol. The predicted octanol–water partition coefficient (Wildman–Crippen LogP) is 2.78. The molecule has 1 heterocycles. The van der Waals surface area contributed by atoms with E-state index in [1.54, 1.807) is 7.11 Å². The van der Waals surface area contributed by atoms with Gasteiger partial charge in [0.25, 0.3) is 0 Å². The van der Waals surface area contributed by atoms with Crippen molar-refractivity contribution in [1.82, 2.24) is 0 Å². The highest BCUT2D eigenvalue weighted by Crippen LogP contribution is 2.32. The summed E-state index contributed by atoms with van der Waals surface area (Å²) >= 11 is 0. The fourth-order valence-electron chi connectivity index (χ4n) is 2.88. The second-order valence-electron chi connectivity index (χ2n) is 5.37. The van der Waals surface area contributed by atoms with E-state index in [0.717, 1.165) is 18.2 Å². The molecule has 0 aliphatic carbocycles. The Morgan fingerprint density at radius 3 is 2.78 bits per heavy atom. The van der Waals surface area contributed by atoms with Gasteiger partial charge in [-0.2, -0.15) is 0 Å². The Hall–Kier alpha value is -1.22. The van der Waals surface area contributed by atoms with Crippen LogP contribution in [0.25, 0.3) is 0 Å². The maximum absolute atomic E-state index is 5.85. The van der Waals surface area contributed by atoms with Crippen molar-refractivity contribution in [1.29, 1.82) is 0 Å². The Morgan fingerprint density at radius 2 is 2.17 bits per heavy atom. The monoisotopic (exact) mass is 248 g/mol. The van der Waals surface area contributed by atoms with Crippen molar-refractivity contribution in [2.45, 2.75) is 39.3 Å². The standard InChI is InChI=1S/C15H24N2O/c1-11-6-7-17(12(2)8-11)15-9-14(18-3)5-4-13(15)10-16/h4-5,9,11-12H,6-8,10,16H2,1-3H3. The van der Waals surface area contributed by atoms with Crippen LogP contribution in [0, 0.1) is 5.92 Å². The molecular weight excluding hydrogens is 224 g/mol. The summed E-state index contributed by atoms with van der Waals surface area (Å²) < 4.78 is 5.33. The first-order chi connectivity index (χ1) is 8.65. The third-order valence-electron chi connectivity index (χ3n) is 3.96. The minimum Gasteiger partial charge on any atom is -0.497 e. The van der Waals surface area contributed by atoms with Crippen molar-refractivity contribution in [3.05, 3.63) is 23.8 Å². The smallest absolute Gasteiger partial charge is 0.120 e. The van der Waals surface area contributed by atoms with Crippen LogP contribution in [-0.2, 0) is 6.54 Å². The number of piperidine rings is 1. The molecule has 1 fully saturated rings. The summed E-state index contributed by atoms with van der Waals surface area (Å²) in [6, 6.07) is 6.77. The molecule has 2 N–H and O–H groups in total. The number of hydrogen-bond acceptors (Lipinski definition) is 3. The Kier molecular flexibility index (Phi) is 4.12. The molecule has 0 aromatic heterocycles. The second-order valence-corrected chi connectivity index (χ2v) is 5.37. The molecule has 0 spiro atoms. The predicted molar refractivity (Wildman–Crippen MR) is 76.1 cm³/mol. The molecule has 1 aromatic carbocycles. The number of benzene rings is 1. The van der Waals surface area contributed by atoms with E-state index in [4.69, 9.17) is 10.5 Å². The van der Waals surface area contributed by atoms with Crippen LogP contribution in [0.15, 0.2) is 18.2 Å². The lowest BCUT2D eigenvalue weighted by Crippen LogP contribution is -2.40. The van der Waals surface area contributed by atoms with Crippen LogP contribution < -0.4 is 15.4 Å². The molecule has 1 aliphatic rings. The fraction of sp³-hybridized carbons (Fsp3) is 0.600. The van der Waals surface area contributed by atoms with Crippen LogP contribution in [0.2, 0.25) is 0 Å². The van der Waals surface area contributed by atoms with Crippen LogP contribution in [0.5, 0.6) is 5.75 Å². The van der Waals surface area contributed by atoms with Gasteiger partial charge in [-0.25, -0.2) is 0 Å². The quantitative estimate of drug-likeness (QED) is 0.894. The zero-order chi connectivity index (χ0) is 13.1. The Morgan fingerprint density at radius 1 is 1.39 bits per heavy atom. The molecule has 0 saturated carbocycles. The third kappa shape index (κ3) is 2.61. The van der Waals surface area contributed by atoms with Gasteiger partial charge in [-0.05, 0) is 37.3 Å². The van der Waals surface area contributed by atoms with Gasteiger partial charge in [-0.1, -0.05) is 13.0 Å². The van der Waals surface area contributed by atoms with Crippen LogP contribution in [0.1, 0.15) is 32.3 Å². The number of ether oxygens (including phenoxy) is 1. The van der Waals surface area contributed by atoms with E-state index in [-0.39, 0.29) is 0 Å². The Labute approximate surface area is 110 Å². The molecule has 100 valence electrons. The lowest BCUT2D eigenvalue weighted by Gasteiger charge is -2.39. The molecule has 2 rings (SSSR count). The van der Waals surface area contributed by atoms with Crippen molar-refractivity contribution in [3.63, 3.8) is 0 Å². The molecule has 1 aliphatic heterocycles. The topological polar surface area (TPSA) is 38.5 Å². The van der Waals surface area contributed by atoms with Gasteiger partial charge in [0.05, 0.1) is 7.11 Å². The normalized spacial score (nSPS) is 24.1. The molecule has 18 heavy (non-hydrogen) atoms. The largest absolute Gasteiger partial charge is 0.497 e. The first-order valence-corrected chi connectivity index (χ1v) is 6.79. The van der Waals surface area contributed by atoms with E-state index >= 15 is 0 Å². The van der Waals surface area contributed by atoms with Gasteiger partial charge in [0.2, 0.25) is 0 Å². The number of anilines is 1. The zero-order valence-corrected chi connectivity index (χ0v) is 11.6. The second kappa shape index (κ2) is 5.61. The van der Waals surface area contributed by atoms with Gasteiger partial charge >= 0.3 is 0 Å². The highest BCUT2D eigenvalue weighted by molar-refractivity contribution is 5.58. The summed E-state index contributed by atoms with van der Waals surface area (Å²) in [6.45, 7) is 6.33. The van der Waals surface area contributed by atoms with E-state index in [1.165, 1.54) is 24.1 Å². The lowest BCUT2D eigenvalue weighted by molar-refractivity contribution is 0.376. The summed E-state index contributed by atoms with van der Waals surface area (Å²) in [7, 11) is 1.71. The summed E-state index contributed by atoms with van der Waals surface area (Å²) in [5.74, 6) is 1.73. The minimum absolute atomic E-state index is 0.575. The number of nitrogens with zero attached hydrogens (tertiary/aromatic N) is 1. The SMILES string of the molecule is COc1ccc(CN)c(N2CCC(C)CC2C)c1. The first-order valence-electron chi connectivity index (χ1n) is 6.79. The van der Waals surface area contributed by atoms with E-state index in [1.807, 2.05) is 6.07 Å². The van der Waals surface area contributed by atoms with Gasteiger partial charge in [0.1, 0.15) is 5.75 Å². The van der Waals surface area contributed by atoms with Crippen molar-refractivity contribution >= 4 is 5.69 Å². The highest BCUT2D eigenvalue weighted by atomic mass is 16.5. The lowest BCUT2D eigenvalue weighted by atomic mass is 9.92. The van der Waals surface area contributed by atoms with E-state index in [9.17, 15) is 0 Å². The van der Waals surface area contributed by atoms with Crippen LogP contribution in [-0.4, -0.2) is 19.7 Å². The van der Waals surface area contributed by atoms with E-state index < -0.39 is 0 Å². The van der Waals surface area contributed by atoms with Gasteiger partial charge in [0.15, 0.2) is 0 Å². The zero-order valence-electron chi connectivity index (χ0n) is 11.6. The van der Waals surface area contributed by atoms with Gasteiger partial charge in [-0.15, -0.1) is 0 Å². The Bertz CT molecular complexity index is 405. The van der Waals surface area contributed by atoms with Crippen molar-refractivity contribution < 1.29 is 4.74 Å². The van der Waals surface area contributed by atoms with Crippen molar-refractivity contribution in [2.75, 3.05) is 18.6 Å². The molecule has 1 aromatic rings. The molecule has 0 radical (unpaired) electrons. The minimum atomic E-state index is 0.575. The molecule has 3 heteroatoms. The summed E-state index contributed by atoms with van der Waals surface area (Å²) in [5, 5.41) is 0. The van der Waals surface area contributed by atoms with E-state index in [2.05, 4.69) is 30.9 Å². The fourth-order valence-corrected chi connectivity index (χ4v) is 2.88. The number of hydrogen-bond donors (Lipinski definition) is 1. The molecular formula is C15H24N2O. The molecule has 2 atom stereocenters. The summed E-state index contributed by atoms with van der Waals surface area (Å²) in [5.41, 5.74) is 8.31. The number of rotatable bonds is 3. The number of nitrogens with two attached hydrogens (primary N) is 1. The highest BCUT2D eigenvalue weighted by Gasteiger charge is 2.24. The number of methoxy groups -OCH3 is 1. The molecule has 1 saturated heterocycles.